The first-order valence-corrected chi connectivity index (χ1v) is 14.7. The van der Waals surface area contributed by atoms with Gasteiger partial charge in [-0.15, -0.1) is 13.2 Å². The molecule has 15 heteroatoms. The first-order chi connectivity index (χ1) is 20.2. The van der Waals surface area contributed by atoms with E-state index < -0.39 is 45.6 Å². The van der Waals surface area contributed by atoms with Crippen molar-refractivity contribution in [3.8, 4) is 5.75 Å². The topological polar surface area (TPSA) is 92.1 Å². The maximum absolute atomic E-state index is 14.4. The molecular weight excluding hydrogens is 592 g/mol. The highest BCUT2D eigenvalue weighted by atomic mass is 35.5. The lowest BCUT2D eigenvalue weighted by Crippen LogP contribution is -2.62. The highest BCUT2D eigenvalue weighted by Gasteiger charge is 2.66. The van der Waals surface area contributed by atoms with Gasteiger partial charge < -0.3 is 19.7 Å². The van der Waals surface area contributed by atoms with Crippen molar-refractivity contribution in [3.63, 3.8) is 0 Å². The van der Waals surface area contributed by atoms with Crippen molar-refractivity contribution in [3.05, 3.63) is 93.8 Å². The predicted molar refractivity (Wildman–Crippen MR) is 169 cm³/mol. The molecule has 1 atom stereocenters. The summed E-state index contributed by atoms with van der Waals surface area (Å²) in [6.45, 7) is 3.17. The van der Waals surface area contributed by atoms with E-state index in [4.69, 9.17) is 16.3 Å². The van der Waals surface area contributed by atoms with Gasteiger partial charge in [0.1, 0.15) is 37.1 Å². The van der Waals surface area contributed by atoms with Crippen molar-refractivity contribution >= 4 is 48.9 Å². The third kappa shape index (κ3) is 5.66. The number of benzene rings is 2. The Labute approximate surface area is 262 Å². The number of aromatic nitrogens is 1. The van der Waals surface area contributed by atoms with Crippen LogP contribution in [0.2, 0.25) is 5.02 Å². The van der Waals surface area contributed by atoms with Gasteiger partial charge in [0, 0.05) is 33.7 Å². The number of ether oxygens (including phenoxy) is 2. The second-order valence-corrected chi connectivity index (χ2v) is 13.6. The lowest BCUT2D eigenvalue weighted by Gasteiger charge is -2.51. The minimum Gasteiger partial charge on any atom is -0.407 e. The van der Waals surface area contributed by atoms with Crippen molar-refractivity contribution in [1.29, 1.82) is 0 Å². The van der Waals surface area contributed by atoms with Crippen LogP contribution in [0.5, 0.6) is 5.75 Å². The van der Waals surface area contributed by atoms with Crippen LogP contribution in [0, 0.1) is 5.41 Å². The molecule has 0 unspecified atom stereocenters. The fraction of sp³-hybridized carbons (Fsp3) is 0.379. The maximum atomic E-state index is 14.4. The number of hydrogen-bond donors (Lipinski definition) is 2. The zero-order chi connectivity index (χ0) is 32.5. The summed E-state index contributed by atoms with van der Waals surface area (Å²) in [4.78, 5) is 20.3. The summed E-state index contributed by atoms with van der Waals surface area (Å²) in [6.07, 6.45) is -2.11. The minimum atomic E-state index is -4.89. The summed E-state index contributed by atoms with van der Waals surface area (Å²) in [5.41, 5.74) is -1.57. The van der Waals surface area contributed by atoms with Crippen molar-refractivity contribution in [2.75, 3.05) is 0 Å². The Bertz CT molecular complexity index is 1570. The number of aliphatic hydroxyl groups is 2. The van der Waals surface area contributed by atoms with Gasteiger partial charge in [-0.25, -0.2) is 0 Å². The normalized spacial score (nSPS) is 20.0. The Morgan fingerprint density at radius 2 is 1.64 bits per heavy atom. The molecule has 1 saturated carbocycles. The molecule has 1 amide bonds. The van der Waals surface area contributed by atoms with Crippen LogP contribution in [-0.4, -0.2) is 74.6 Å². The molecule has 2 N–H and O–H groups in total. The molecule has 0 spiro atoms. The first kappa shape index (κ1) is 32.5. The van der Waals surface area contributed by atoms with E-state index in [1.807, 2.05) is 15.7 Å². The van der Waals surface area contributed by atoms with Crippen molar-refractivity contribution < 1.29 is 37.7 Å². The zero-order valence-electron chi connectivity index (χ0n) is 25.4. The third-order valence-electron chi connectivity index (χ3n) is 9.01. The van der Waals surface area contributed by atoms with Crippen LogP contribution in [0.4, 0.5) is 13.2 Å². The van der Waals surface area contributed by atoms with Crippen LogP contribution in [0.15, 0.2) is 60.8 Å². The summed E-state index contributed by atoms with van der Waals surface area (Å²) in [7, 11) is 7.15. The lowest BCUT2D eigenvalue weighted by molar-refractivity contribution is -0.274. The first-order valence-electron chi connectivity index (χ1n) is 14.3. The van der Waals surface area contributed by atoms with Crippen LogP contribution in [0.25, 0.3) is 0 Å². The molecule has 1 aromatic heterocycles. The number of nitrogens with zero attached hydrogens (tertiary/aromatic N) is 2. The quantitative estimate of drug-likeness (QED) is 0.350. The number of carbonyl (C=O) groups excluding carboxylic acids is 1. The van der Waals surface area contributed by atoms with Crippen LogP contribution in [0.1, 0.15) is 59.4 Å². The Kier molecular flexibility index (Phi) is 7.80. The summed E-state index contributed by atoms with van der Waals surface area (Å²) >= 11 is 6.08. The standard InChI is InChI=1S/C29H32B4ClF3N2O5/c1-24(2,41)17-5-10-22-21(13-17)23(40)39(15-19-7-6-18(34)14-38-19)26(22,16-3-8-20(9-4-16)43-29(35,36)37)44-28(32,33)25(11-12-25)27(30,31)42/h3-10,13-14,41-42H,11-12,15,30-33H2,1-2H3/t26-/m1/s1. The van der Waals surface area contributed by atoms with Gasteiger partial charge in [-0.05, 0) is 68.0 Å². The molecule has 1 aliphatic carbocycles. The Morgan fingerprint density at radius 1 is 1.00 bits per heavy atom. The van der Waals surface area contributed by atoms with Gasteiger partial charge in [0.15, 0.2) is 5.72 Å². The molecule has 1 fully saturated rings. The number of rotatable bonds is 9. The van der Waals surface area contributed by atoms with Gasteiger partial charge in [-0.3, -0.25) is 14.7 Å². The van der Waals surface area contributed by atoms with Crippen molar-refractivity contribution in [2.24, 2.45) is 5.41 Å². The molecule has 7 nitrogen and oxygen atoms in total. The van der Waals surface area contributed by atoms with E-state index in [1.165, 1.54) is 35.4 Å². The average molecular weight is 624 g/mol. The molecule has 3 aromatic rings. The monoisotopic (exact) mass is 624 g/mol. The van der Waals surface area contributed by atoms with Crippen LogP contribution < -0.4 is 4.74 Å². The molecule has 0 radical (unpaired) electrons. The molecule has 2 aromatic carbocycles. The number of fused-ring (bicyclic) bond motifs is 1. The van der Waals surface area contributed by atoms with Crippen molar-refractivity contribution in [2.45, 2.75) is 61.7 Å². The number of hydrogen-bond acceptors (Lipinski definition) is 6. The number of amides is 1. The van der Waals surface area contributed by atoms with Gasteiger partial charge >= 0.3 is 6.36 Å². The fourth-order valence-electron chi connectivity index (χ4n) is 6.58. The zero-order valence-corrected chi connectivity index (χ0v) is 26.2. The predicted octanol–water partition coefficient (Wildman–Crippen LogP) is 1.35. The lowest BCUT2D eigenvalue weighted by atomic mass is 9.43. The number of alkyl halides is 3. The molecule has 0 bridgehead atoms. The van der Waals surface area contributed by atoms with Gasteiger partial charge in [-0.2, -0.15) is 0 Å². The van der Waals surface area contributed by atoms with E-state index in [0.717, 1.165) is 0 Å². The summed E-state index contributed by atoms with van der Waals surface area (Å²) in [6, 6.07) is 13.6. The van der Waals surface area contributed by atoms with E-state index in [9.17, 15) is 28.2 Å². The van der Waals surface area contributed by atoms with Crippen molar-refractivity contribution in [1.82, 2.24) is 9.88 Å². The van der Waals surface area contributed by atoms with E-state index in [-0.39, 0.29) is 12.1 Å². The maximum Gasteiger partial charge on any atom is 0.573 e. The fourth-order valence-corrected chi connectivity index (χ4v) is 6.69. The summed E-state index contributed by atoms with van der Waals surface area (Å²) < 4.78 is 50.4. The molecular formula is C29H32B4ClF3N2O5. The van der Waals surface area contributed by atoms with Gasteiger partial charge in [0.25, 0.3) is 5.91 Å². The molecule has 0 saturated heterocycles. The smallest absolute Gasteiger partial charge is 0.407 e. The highest BCUT2D eigenvalue weighted by molar-refractivity contribution is 6.45. The van der Waals surface area contributed by atoms with Crippen LogP contribution >= 0.6 is 11.6 Å². The second kappa shape index (κ2) is 10.6. The van der Waals surface area contributed by atoms with E-state index in [1.54, 1.807) is 59.9 Å². The SMILES string of the molecule is BC(B)(O)C1(C(B)(B)O[C@]2(c3ccc(OC(F)(F)F)cc3)c3ccc(C(C)(C)O)cc3C(=O)N2Cc2ccc(Cl)cn2)CC1. The van der Waals surface area contributed by atoms with E-state index in [0.29, 0.717) is 40.2 Å². The summed E-state index contributed by atoms with van der Waals surface area (Å²) in [5, 5.41) is 20.3. The molecule has 228 valence electrons. The number of carbonyl (C=O) groups is 1. The molecule has 44 heavy (non-hydrogen) atoms. The molecule has 1 aliphatic heterocycles. The van der Waals surface area contributed by atoms with E-state index >= 15 is 0 Å². The Morgan fingerprint density at radius 3 is 2.14 bits per heavy atom. The Balaban J connectivity index is 1.76. The largest absolute Gasteiger partial charge is 0.573 e. The van der Waals surface area contributed by atoms with Gasteiger partial charge in [0.05, 0.1) is 22.9 Å². The number of halogens is 4. The van der Waals surface area contributed by atoms with E-state index in [2.05, 4.69) is 9.72 Å². The summed E-state index contributed by atoms with van der Waals surface area (Å²) in [5.74, 6) is -0.860. The Hall–Kier alpha value is -2.92. The third-order valence-corrected chi connectivity index (χ3v) is 9.23. The van der Waals surface area contributed by atoms with Gasteiger partial charge in [-0.1, -0.05) is 35.9 Å². The molecule has 5 rings (SSSR count). The second-order valence-electron chi connectivity index (χ2n) is 13.1. The average Bonchev–Trinajstić information content (AvgIpc) is 3.70. The van der Waals surface area contributed by atoms with Gasteiger partial charge in [0.2, 0.25) is 0 Å². The molecule has 2 aliphatic rings. The van der Waals surface area contributed by atoms with Crippen LogP contribution in [0.3, 0.4) is 0 Å². The highest BCUT2D eigenvalue weighted by Crippen LogP contribution is 2.61. The molecule has 2 heterocycles. The number of pyridine rings is 1. The van der Waals surface area contributed by atoms with Crippen LogP contribution in [-0.2, 0) is 22.6 Å². The minimum absolute atomic E-state index is 0.0467.